The molecule has 1 amide bonds. The molecule has 0 aliphatic heterocycles. The van der Waals surface area contributed by atoms with Crippen molar-refractivity contribution in [1.29, 1.82) is 0 Å². The van der Waals surface area contributed by atoms with E-state index in [1.807, 2.05) is 18.9 Å². The van der Waals surface area contributed by atoms with Crippen molar-refractivity contribution in [2.45, 2.75) is 45.2 Å². The molecule has 2 nitrogen and oxygen atoms in total. The number of hydrogen-bond acceptors (Lipinski definition) is 1. The first kappa shape index (κ1) is 17.0. The second-order valence-electron chi connectivity index (χ2n) is 6.47. The van der Waals surface area contributed by atoms with Gasteiger partial charge in [0.15, 0.2) is 0 Å². The standard InChI is InChI=1S/C16H26BNOP2/c1-10-4-3-5-12(8-10)16(19)18(17)13-6-7-15(21)14(9-13)11(2)20/h6-7,9-12H,3-5,8,17,20-21H2,1-2H3/t10-,11?,12+/m0/s1. The van der Waals surface area contributed by atoms with Crippen molar-refractivity contribution in [1.82, 2.24) is 0 Å². The van der Waals surface area contributed by atoms with Crippen LogP contribution in [0.1, 0.15) is 50.8 Å². The Bertz CT molecular complexity index is 521. The minimum Gasteiger partial charge on any atom is -0.365 e. The van der Waals surface area contributed by atoms with Crippen molar-refractivity contribution >= 4 is 43.4 Å². The number of hydrogen-bond donors (Lipinski definition) is 0. The Morgan fingerprint density at radius 2 is 2.14 bits per heavy atom. The minimum atomic E-state index is 0.200. The van der Waals surface area contributed by atoms with E-state index in [0.717, 1.165) is 18.5 Å². The molecule has 0 radical (unpaired) electrons. The number of carbonyl (C=O) groups excluding carboxylic acids is 1. The number of nitrogens with zero attached hydrogens (tertiary/aromatic N) is 1. The van der Waals surface area contributed by atoms with E-state index in [-0.39, 0.29) is 11.8 Å². The second kappa shape index (κ2) is 7.25. The highest BCUT2D eigenvalue weighted by molar-refractivity contribution is 7.27. The molecule has 1 aromatic carbocycles. The predicted octanol–water partition coefficient (Wildman–Crippen LogP) is 2.83. The fraction of sp³-hybridized carbons (Fsp3) is 0.562. The fourth-order valence-electron chi connectivity index (χ4n) is 3.22. The first-order chi connectivity index (χ1) is 9.90. The van der Waals surface area contributed by atoms with Crippen LogP contribution in [-0.4, -0.2) is 13.9 Å². The van der Waals surface area contributed by atoms with Crippen LogP contribution in [0.2, 0.25) is 0 Å². The fourth-order valence-corrected chi connectivity index (χ4v) is 4.15. The van der Waals surface area contributed by atoms with Gasteiger partial charge in [0.1, 0.15) is 0 Å². The second-order valence-corrected chi connectivity index (χ2v) is 8.09. The number of amides is 1. The highest BCUT2D eigenvalue weighted by Crippen LogP contribution is 2.31. The van der Waals surface area contributed by atoms with Crippen LogP contribution < -0.4 is 10.1 Å². The lowest BCUT2D eigenvalue weighted by atomic mass is 9.81. The van der Waals surface area contributed by atoms with E-state index in [4.69, 9.17) is 0 Å². The Morgan fingerprint density at radius 3 is 2.76 bits per heavy atom. The molecule has 114 valence electrons. The van der Waals surface area contributed by atoms with E-state index >= 15 is 0 Å². The lowest BCUT2D eigenvalue weighted by Gasteiger charge is -2.30. The minimum absolute atomic E-state index is 0.200. The molecule has 0 bridgehead atoms. The van der Waals surface area contributed by atoms with E-state index in [2.05, 4.69) is 44.5 Å². The van der Waals surface area contributed by atoms with Crippen molar-refractivity contribution in [3.63, 3.8) is 0 Å². The Kier molecular flexibility index (Phi) is 5.86. The summed E-state index contributed by atoms with van der Waals surface area (Å²) in [5.74, 6) is 1.16. The summed E-state index contributed by atoms with van der Waals surface area (Å²) in [4.78, 5) is 14.6. The summed E-state index contributed by atoms with van der Waals surface area (Å²) in [6, 6.07) is 6.27. The molecule has 1 aromatic rings. The molecule has 0 N–H and O–H groups in total. The zero-order valence-corrected chi connectivity index (χ0v) is 15.6. The van der Waals surface area contributed by atoms with E-state index in [1.54, 1.807) is 0 Å². The van der Waals surface area contributed by atoms with Gasteiger partial charge in [-0.1, -0.05) is 32.8 Å². The highest BCUT2D eigenvalue weighted by atomic mass is 31.0. The zero-order chi connectivity index (χ0) is 15.6. The lowest BCUT2D eigenvalue weighted by Crippen LogP contribution is -2.36. The largest absolute Gasteiger partial charge is 0.365 e. The predicted molar refractivity (Wildman–Crippen MR) is 101 cm³/mol. The topological polar surface area (TPSA) is 20.3 Å². The number of rotatable bonds is 3. The first-order valence-electron chi connectivity index (χ1n) is 7.82. The van der Waals surface area contributed by atoms with Crippen LogP contribution in [0.15, 0.2) is 18.2 Å². The molecule has 3 unspecified atom stereocenters. The van der Waals surface area contributed by atoms with Crippen molar-refractivity contribution in [3.05, 3.63) is 23.8 Å². The van der Waals surface area contributed by atoms with Gasteiger partial charge >= 0.3 is 0 Å². The summed E-state index contributed by atoms with van der Waals surface area (Å²) < 4.78 is 0. The Morgan fingerprint density at radius 1 is 1.43 bits per heavy atom. The van der Waals surface area contributed by atoms with Crippen molar-refractivity contribution in [2.24, 2.45) is 11.8 Å². The molecular weight excluding hydrogens is 295 g/mol. The van der Waals surface area contributed by atoms with Gasteiger partial charge in [-0.15, -0.1) is 18.5 Å². The SMILES string of the molecule is BN(C(=O)[C@@H]1CCC[C@H](C)C1)c1ccc(P)c(C(C)P)c1. The van der Waals surface area contributed by atoms with Gasteiger partial charge in [0, 0.05) is 11.6 Å². The molecule has 0 aromatic heterocycles. The van der Waals surface area contributed by atoms with E-state index < -0.39 is 0 Å². The number of anilines is 1. The quantitative estimate of drug-likeness (QED) is 0.619. The van der Waals surface area contributed by atoms with E-state index in [0.29, 0.717) is 11.6 Å². The molecule has 21 heavy (non-hydrogen) atoms. The van der Waals surface area contributed by atoms with Gasteiger partial charge in [-0.2, -0.15) is 0 Å². The third-order valence-corrected chi connectivity index (χ3v) is 5.45. The molecule has 0 spiro atoms. The molecule has 0 heterocycles. The van der Waals surface area contributed by atoms with Crippen LogP contribution in [0, 0.1) is 11.8 Å². The van der Waals surface area contributed by atoms with Gasteiger partial charge < -0.3 is 4.81 Å². The lowest BCUT2D eigenvalue weighted by molar-refractivity contribution is -0.122. The Balaban J connectivity index is 2.17. The monoisotopic (exact) mass is 321 g/mol. The van der Waals surface area contributed by atoms with Crippen LogP contribution in [0.4, 0.5) is 5.69 Å². The summed E-state index contributed by atoms with van der Waals surface area (Å²) in [6.07, 6.45) is 4.54. The smallest absolute Gasteiger partial charge is 0.227 e. The Labute approximate surface area is 134 Å². The third-order valence-electron chi connectivity index (χ3n) is 4.56. The molecule has 1 aliphatic rings. The number of carbonyl (C=O) groups is 1. The number of benzene rings is 1. The van der Waals surface area contributed by atoms with Crippen LogP contribution in [0.25, 0.3) is 0 Å². The van der Waals surface area contributed by atoms with Crippen LogP contribution >= 0.6 is 18.5 Å². The molecule has 1 fully saturated rings. The van der Waals surface area contributed by atoms with Gasteiger partial charge in [-0.05, 0) is 47.4 Å². The van der Waals surface area contributed by atoms with Crippen molar-refractivity contribution in [2.75, 3.05) is 4.81 Å². The van der Waals surface area contributed by atoms with E-state index in [1.165, 1.54) is 23.7 Å². The van der Waals surface area contributed by atoms with Gasteiger partial charge in [0.05, 0.1) is 0 Å². The average Bonchev–Trinajstić information content (AvgIpc) is 2.46. The maximum absolute atomic E-state index is 12.7. The summed E-state index contributed by atoms with van der Waals surface area (Å²) in [6.45, 7) is 4.42. The molecule has 5 atom stereocenters. The molecule has 1 saturated carbocycles. The molecular formula is C16H26BNOP2. The maximum atomic E-state index is 12.7. The van der Waals surface area contributed by atoms with Crippen molar-refractivity contribution in [3.8, 4) is 0 Å². The van der Waals surface area contributed by atoms with Gasteiger partial charge in [0.25, 0.3) is 0 Å². The van der Waals surface area contributed by atoms with Crippen LogP contribution in [-0.2, 0) is 4.79 Å². The molecule has 2 rings (SSSR count). The van der Waals surface area contributed by atoms with Crippen molar-refractivity contribution < 1.29 is 4.79 Å². The summed E-state index contributed by atoms with van der Waals surface area (Å²) in [5.41, 5.74) is 2.66. The molecule has 0 saturated heterocycles. The summed E-state index contributed by atoms with van der Waals surface area (Å²) in [7, 11) is 7.52. The van der Waals surface area contributed by atoms with Gasteiger partial charge in [-0.25, -0.2) is 0 Å². The normalized spacial score (nSPS) is 23.6. The van der Waals surface area contributed by atoms with Crippen LogP contribution in [0.3, 0.4) is 0 Å². The molecule has 1 aliphatic carbocycles. The summed E-state index contributed by atoms with van der Waals surface area (Å²) >= 11 is 0. The summed E-state index contributed by atoms with van der Waals surface area (Å²) in [5, 5.41) is 1.20. The Hall–Kier alpha value is -0.385. The zero-order valence-electron chi connectivity index (χ0n) is 13.3. The maximum Gasteiger partial charge on any atom is 0.227 e. The molecule has 5 heteroatoms. The average molecular weight is 321 g/mol. The highest BCUT2D eigenvalue weighted by Gasteiger charge is 2.27. The van der Waals surface area contributed by atoms with Gasteiger partial charge in [-0.3, -0.25) is 4.79 Å². The van der Waals surface area contributed by atoms with Crippen LogP contribution in [0.5, 0.6) is 0 Å². The third kappa shape index (κ3) is 4.08. The van der Waals surface area contributed by atoms with E-state index in [9.17, 15) is 4.79 Å². The van der Waals surface area contributed by atoms with Gasteiger partial charge in [0.2, 0.25) is 13.9 Å². The first-order valence-corrected chi connectivity index (χ1v) is 9.07.